The van der Waals surface area contributed by atoms with Crippen molar-refractivity contribution in [3.63, 3.8) is 0 Å². The third-order valence-corrected chi connectivity index (χ3v) is 7.15. The van der Waals surface area contributed by atoms with Crippen LogP contribution in [0.1, 0.15) is 0 Å². The molecule has 0 amide bonds. The van der Waals surface area contributed by atoms with E-state index in [4.69, 9.17) is 35.6 Å². The second-order valence-electron chi connectivity index (χ2n) is 6.01. The van der Waals surface area contributed by atoms with Gasteiger partial charge in [-0.2, -0.15) is 0 Å². The predicted molar refractivity (Wildman–Crippen MR) is 120 cm³/mol. The summed E-state index contributed by atoms with van der Waals surface area (Å²) in [5, 5.41) is 0. The second kappa shape index (κ2) is 8.06. The van der Waals surface area contributed by atoms with Crippen LogP contribution in [0.15, 0.2) is 40.8 Å². The monoisotopic (exact) mass is 446 g/mol. The lowest BCUT2D eigenvalue weighted by atomic mass is 10.1. The Bertz CT molecular complexity index is 1140. The van der Waals surface area contributed by atoms with Gasteiger partial charge in [-0.3, -0.25) is 0 Å². The summed E-state index contributed by atoms with van der Waals surface area (Å²) >= 11 is 8.53. The Balaban J connectivity index is 1.98. The molecule has 0 bridgehead atoms. The highest BCUT2D eigenvalue weighted by Gasteiger charge is 2.24. The molecule has 0 unspecified atom stereocenters. The number of rotatable bonds is 6. The van der Waals surface area contributed by atoms with Gasteiger partial charge in [-0.25, -0.2) is 0 Å². The molecule has 2 aromatic heterocycles. The number of ether oxygens (including phenoxy) is 4. The summed E-state index contributed by atoms with van der Waals surface area (Å²) < 4.78 is 31.0. The van der Waals surface area contributed by atoms with Crippen molar-refractivity contribution in [1.82, 2.24) is 0 Å². The van der Waals surface area contributed by atoms with Crippen molar-refractivity contribution >= 4 is 44.3 Å². The molecule has 2 aromatic carbocycles. The van der Waals surface area contributed by atoms with E-state index in [1.807, 2.05) is 36.4 Å². The first-order valence-electron chi connectivity index (χ1n) is 8.60. The Labute approximate surface area is 181 Å². The zero-order valence-electron chi connectivity index (χ0n) is 16.2. The molecule has 2 heterocycles. The third kappa shape index (κ3) is 3.48. The summed E-state index contributed by atoms with van der Waals surface area (Å²) in [5.74, 6) is 4.18. The maximum Gasteiger partial charge on any atom is 0.157 e. The van der Waals surface area contributed by atoms with Crippen molar-refractivity contribution < 1.29 is 23.4 Å². The summed E-state index contributed by atoms with van der Waals surface area (Å²) in [6.45, 7) is 0. The van der Waals surface area contributed by atoms with Crippen LogP contribution in [0.4, 0.5) is 0 Å². The minimum Gasteiger partial charge on any atom is -0.497 e. The van der Waals surface area contributed by atoms with E-state index in [1.54, 1.807) is 28.4 Å². The summed E-state index contributed by atoms with van der Waals surface area (Å²) in [6.07, 6.45) is 0. The van der Waals surface area contributed by atoms with E-state index in [0.29, 0.717) is 34.5 Å². The average molecular weight is 447 g/mol. The van der Waals surface area contributed by atoms with Crippen LogP contribution in [0.2, 0.25) is 0 Å². The summed E-state index contributed by atoms with van der Waals surface area (Å²) in [5.41, 5.74) is 1.67. The number of methoxy groups -OCH3 is 4. The molecule has 0 saturated carbocycles. The number of benzene rings is 2. The van der Waals surface area contributed by atoms with E-state index in [2.05, 4.69) is 0 Å². The van der Waals surface area contributed by atoms with Crippen LogP contribution in [-0.4, -0.2) is 28.4 Å². The zero-order valence-corrected chi connectivity index (χ0v) is 18.7. The Hall–Kier alpha value is -2.55. The average Bonchev–Trinajstić information content (AvgIpc) is 3.30. The van der Waals surface area contributed by atoms with Gasteiger partial charge in [-0.15, -0.1) is 22.7 Å². The quantitative estimate of drug-likeness (QED) is 0.309. The van der Waals surface area contributed by atoms with E-state index in [0.717, 1.165) is 23.7 Å². The number of hydrogen-bond acceptors (Lipinski definition) is 8. The minimum atomic E-state index is 0.664. The van der Waals surface area contributed by atoms with Crippen LogP contribution in [0.25, 0.3) is 32.0 Å². The van der Waals surface area contributed by atoms with Gasteiger partial charge in [-0.05, 0) is 24.3 Å². The molecule has 5 nitrogen and oxygen atoms in total. The van der Waals surface area contributed by atoms with Crippen LogP contribution in [0.5, 0.6) is 23.0 Å². The third-order valence-electron chi connectivity index (χ3n) is 4.50. The second-order valence-corrected chi connectivity index (χ2v) is 9.23. The lowest BCUT2D eigenvalue weighted by Gasteiger charge is -2.10. The van der Waals surface area contributed by atoms with Gasteiger partial charge in [0.05, 0.1) is 49.0 Å². The molecular formula is C21H18O5S3. The van der Waals surface area contributed by atoms with Crippen molar-refractivity contribution in [2.45, 2.75) is 0 Å². The topological polar surface area (TPSA) is 50.1 Å². The van der Waals surface area contributed by atoms with E-state index in [1.165, 1.54) is 22.7 Å². The van der Waals surface area contributed by atoms with Crippen molar-refractivity contribution in [3.05, 3.63) is 39.5 Å². The summed E-state index contributed by atoms with van der Waals surface area (Å²) in [4.78, 5) is 0. The first-order chi connectivity index (χ1) is 14.1. The van der Waals surface area contributed by atoms with Gasteiger partial charge >= 0.3 is 0 Å². The highest BCUT2D eigenvalue weighted by molar-refractivity contribution is 7.77. The SMILES string of the molecule is COc1ccc(-c2oc(-c3ccc(OC)cc3OC)c3sc(=S)sc23)c(OC)c1. The van der Waals surface area contributed by atoms with E-state index >= 15 is 0 Å². The van der Waals surface area contributed by atoms with Gasteiger partial charge in [0.2, 0.25) is 0 Å². The van der Waals surface area contributed by atoms with Crippen molar-refractivity contribution in [1.29, 1.82) is 0 Å². The van der Waals surface area contributed by atoms with Gasteiger partial charge in [0.25, 0.3) is 0 Å². The van der Waals surface area contributed by atoms with E-state index < -0.39 is 0 Å². The van der Waals surface area contributed by atoms with Crippen molar-refractivity contribution in [2.75, 3.05) is 28.4 Å². The van der Waals surface area contributed by atoms with Crippen molar-refractivity contribution in [3.8, 4) is 45.6 Å². The summed E-state index contributed by atoms with van der Waals surface area (Å²) in [6, 6.07) is 11.3. The van der Waals surface area contributed by atoms with Crippen LogP contribution < -0.4 is 18.9 Å². The van der Waals surface area contributed by atoms with Gasteiger partial charge in [0, 0.05) is 12.1 Å². The fourth-order valence-corrected chi connectivity index (χ4v) is 5.71. The molecule has 29 heavy (non-hydrogen) atoms. The molecule has 0 aliphatic carbocycles. The van der Waals surface area contributed by atoms with E-state index in [-0.39, 0.29) is 0 Å². The molecule has 0 fully saturated rings. The standard InChI is InChI=1S/C21H18O5S3/c1-22-11-5-7-13(15(9-11)24-3)17-19-20(29-21(27)28-19)18(26-17)14-8-6-12(23-2)10-16(14)25-4/h5-10H,1-4H3. The molecule has 0 aliphatic rings. The Morgan fingerprint density at radius 2 is 1.14 bits per heavy atom. The maximum absolute atomic E-state index is 6.40. The van der Waals surface area contributed by atoms with Crippen molar-refractivity contribution in [2.24, 2.45) is 0 Å². The molecule has 150 valence electrons. The first-order valence-corrected chi connectivity index (χ1v) is 10.6. The number of fused-ring (bicyclic) bond motifs is 1. The molecule has 0 spiro atoms. The maximum atomic E-state index is 6.40. The van der Waals surface area contributed by atoms with Crippen LogP contribution in [0, 0.1) is 3.14 Å². The van der Waals surface area contributed by atoms with Crippen LogP contribution >= 0.6 is 34.9 Å². The summed E-state index contributed by atoms with van der Waals surface area (Å²) in [7, 11) is 6.50. The molecular weight excluding hydrogens is 428 g/mol. The molecule has 0 radical (unpaired) electrons. The van der Waals surface area contributed by atoms with E-state index in [9.17, 15) is 0 Å². The normalized spacial score (nSPS) is 10.9. The van der Waals surface area contributed by atoms with Gasteiger partial charge < -0.3 is 23.4 Å². The Morgan fingerprint density at radius 1 is 0.690 bits per heavy atom. The van der Waals surface area contributed by atoms with Gasteiger partial charge in [0.1, 0.15) is 26.1 Å². The lowest BCUT2D eigenvalue weighted by molar-refractivity contribution is 0.394. The molecule has 0 atom stereocenters. The first kappa shape index (κ1) is 19.8. The van der Waals surface area contributed by atoms with Gasteiger partial charge in [-0.1, -0.05) is 12.2 Å². The molecule has 0 aliphatic heterocycles. The molecule has 4 aromatic rings. The highest BCUT2D eigenvalue weighted by Crippen LogP contribution is 2.49. The molecule has 0 saturated heterocycles. The molecule has 8 heteroatoms. The fraction of sp³-hybridized carbons (Fsp3) is 0.190. The number of hydrogen-bond donors (Lipinski definition) is 0. The molecule has 0 N–H and O–H groups in total. The smallest absolute Gasteiger partial charge is 0.157 e. The predicted octanol–water partition coefficient (Wildman–Crippen LogP) is 6.65. The largest absolute Gasteiger partial charge is 0.497 e. The minimum absolute atomic E-state index is 0.664. The highest BCUT2D eigenvalue weighted by atomic mass is 32.2. The fourth-order valence-electron chi connectivity index (χ4n) is 3.10. The Morgan fingerprint density at radius 3 is 1.52 bits per heavy atom. The lowest BCUT2D eigenvalue weighted by Crippen LogP contribution is -1.90. The molecule has 4 rings (SSSR count). The Kier molecular flexibility index (Phi) is 5.49. The zero-order chi connectivity index (χ0) is 20.5. The van der Waals surface area contributed by atoms with Gasteiger partial charge in [0.15, 0.2) is 11.5 Å². The number of furan rings is 1. The van der Waals surface area contributed by atoms with Crippen LogP contribution in [0.3, 0.4) is 0 Å². The van der Waals surface area contributed by atoms with Crippen LogP contribution in [-0.2, 0) is 0 Å².